The largest absolute Gasteiger partial charge is 0.466 e. The number of hydrogen-bond donors (Lipinski definition) is 2. The second-order valence-corrected chi connectivity index (χ2v) is 4.22. The van der Waals surface area contributed by atoms with Crippen LogP contribution >= 0.6 is 0 Å². The van der Waals surface area contributed by atoms with Gasteiger partial charge in [0, 0.05) is 25.4 Å². The highest BCUT2D eigenvalue weighted by atomic mass is 16.3. The van der Waals surface area contributed by atoms with Crippen LogP contribution in [0.25, 0.3) is 0 Å². The molecule has 0 radical (unpaired) electrons. The van der Waals surface area contributed by atoms with E-state index in [1.807, 2.05) is 6.92 Å². The van der Waals surface area contributed by atoms with Crippen molar-refractivity contribution < 1.29 is 9.21 Å². The number of rotatable bonds is 5. The van der Waals surface area contributed by atoms with Gasteiger partial charge in [0.15, 0.2) is 0 Å². The Morgan fingerprint density at radius 1 is 1.50 bits per heavy atom. The summed E-state index contributed by atoms with van der Waals surface area (Å²) < 4.78 is 5.33. The topological polar surface area (TPSA) is 70.9 Å². The van der Waals surface area contributed by atoms with E-state index in [0.29, 0.717) is 17.9 Å². The Balaban J connectivity index is 1.77. The first kappa shape index (κ1) is 12.4. The summed E-state index contributed by atoms with van der Waals surface area (Å²) in [6.07, 6.45) is 5.21. The van der Waals surface area contributed by atoms with Gasteiger partial charge in [-0.2, -0.15) is 0 Å². The van der Waals surface area contributed by atoms with Crippen molar-refractivity contribution in [1.29, 1.82) is 0 Å². The van der Waals surface area contributed by atoms with Crippen molar-refractivity contribution in [2.75, 3.05) is 6.54 Å². The molecule has 2 heterocycles. The summed E-state index contributed by atoms with van der Waals surface area (Å²) in [5, 5.41) is 2.87. The summed E-state index contributed by atoms with van der Waals surface area (Å²) in [4.78, 5) is 19.0. The minimum absolute atomic E-state index is 0.0798. The molecule has 0 bridgehead atoms. The van der Waals surface area contributed by atoms with E-state index in [4.69, 9.17) is 4.42 Å². The maximum absolute atomic E-state index is 11.8. The number of furan rings is 1. The van der Waals surface area contributed by atoms with E-state index < -0.39 is 0 Å². The number of nitrogens with one attached hydrogen (secondary N) is 2. The number of nitrogens with zero attached hydrogens (tertiary/aromatic N) is 1. The van der Waals surface area contributed by atoms with Gasteiger partial charge in [0.25, 0.3) is 5.91 Å². The Labute approximate surface area is 106 Å². The lowest BCUT2D eigenvalue weighted by Crippen LogP contribution is -2.25. The average molecular weight is 247 g/mol. The first-order valence-electron chi connectivity index (χ1n) is 6.00. The van der Waals surface area contributed by atoms with Crippen LogP contribution in [-0.2, 0) is 6.42 Å². The van der Waals surface area contributed by atoms with Crippen LogP contribution in [0.5, 0.6) is 0 Å². The SMILES string of the molecule is Cc1cc(C(=O)NCCCc2ncc[nH]2)c(C)o1. The van der Waals surface area contributed by atoms with Crippen LogP contribution in [0.15, 0.2) is 22.9 Å². The Morgan fingerprint density at radius 3 is 2.94 bits per heavy atom. The third-order valence-corrected chi connectivity index (χ3v) is 2.72. The van der Waals surface area contributed by atoms with Crippen LogP contribution in [0, 0.1) is 13.8 Å². The van der Waals surface area contributed by atoms with Gasteiger partial charge in [-0.15, -0.1) is 0 Å². The van der Waals surface area contributed by atoms with Gasteiger partial charge < -0.3 is 14.7 Å². The fourth-order valence-corrected chi connectivity index (χ4v) is 1.84. The maximum Gasteiger partial charge on any atom is 0.254 e. The molecular formula is C13H17N3O2. The van der Waals surface area contributed by atoms with E-state index in [0.717, 1.165) is 24.4 Å². The number of imidazole rings is 1. The van der Waals surface area contributed by atoms with E-state index in [2.05, 4.69) is 15.3 Å². The highest BCUT2D eigenvalue weighted by Crippen LogP contribution is 2.13. The Hall–Kier alpha value is -2.04. The molecule has 2 aromatic heterocycles. The molecule has 2 rings (SSSR count). The summed E-state index contributed by atoms with van der Waals surface area (Å²) in [5.41, 5.74) is 0.616. The number of hydrogen-bond acceptors (Lipinski definition) is 3. The van der Waals surface area contributed by atoms with Gasteiger partial charge in [0.1, 0.15) is 17.3 Å². The summed E-state index contributed by atoms with van der Waals surface area (Å²) in [7, 11) is 0. The van der Waals surface area contributed by atoms with E-state index in [1.54, 1.807) is 25.4 Å². The van der Waals surface area contributed by atoms with Crippen molar-refractivity contribution >= 4 is 5.91 Å². The Kier molecular flexibility index (Phi) is 3.82. The normalized spacial score (nSPS) is 10.6. The van der Waals surface area contributed by atoms with Gasteiger partial charge in [-0.1, -0.05) is 0 Å². The maximum atomic E-state index is 11.8. The molecule has 2 N–H and O–H groups in total. The highest BCUT2D eigenvalue weighted by Gasteiger charge is 2.12. The zero-order valence-corrected chi connectivity index (χ0v) is 10.6. The molecule has 18 heavy (non-hydrogen) atoms. The molecule has 0 saturated carbocycles. The molecule has 0 atom stereocenters. The zero-order valence-electron chi connectivity index (χ0n) is 10.6. The van der Waals surface area contributed by atoms with Crippen LogP contribution in [0.4, 0.5) is 0 Å². The third-order valence-electron chi connectivity index (χ3n) is 2.72. The van der Waals surface area contributed by atoms with Gasteiger partial charge in [-0.25, -0.2) is 4.98 Å². The lowest BCUT2D eigenvalue weighted by atomic mass is 10.2. The minimum atomic E-state index is -0.0798. The second kappa shape index (κ2) is 5.53. The van der Waals surface area contributed by atoms with Crippen LogP contribution in [0.3, 0.4) is 0 Å². The summed E-state index contributed by atoms with van der Waals surface area (Å²) in [6, 6.07) is 1.76. The highest BCUT2D eigenvalue weighted by molar-refractivity contribution is 5.95. The van der Waals surface area contributed by atoms with E-state index in [-0.39, 0.29) is 5.91 Å². The number of aromatic nitrogens is 2. The number of H-pyrrole nitrogens is 1. The lowest BCUT2D eigenvalue weighted by molar-refractivity contribution is 0.0951. The first-order valence-corrected chi connectivity index (χ1v) is 6.00. The number of aryl methyl sites for hydroxylation is 3. The fraction of sp³-hybridized carbons (Fsp3) is 0.385. The zero-order chi connectivity index (χ0) is 13.0. The number of amides is 1. The second-order valence-electron chi connectivity index (χ2n) is 4.22. The molecule has 0 unspecified atom stereocenters. The third kappa shape index (κ3) is 3.00. The summed E-state index contributed by atoms with van der Waals surface area (Å²) >= 11 is 0. The monoisotopic (exact) mass is 247 g/mol. The van der Waals surface area contributed by atoms with Crippen molar-refractivity contribution in [2.24, 2.45) is 0 Å². The van der Waals surface area contributed by atoms with Crippen molar-refractivity contribution in [3.05, 3.63) is 41.4 Å². The summed E-state index contributed by atoms with van der Waals surface area (Å²) in [5.74, 6) is 2.28. The molecule has 0 aliphatic carbocycles. The first-order chi connectivity index (χ1) is 8.66. The smallest absolute Gasteiger partial charge is 0.254 e. The number of carbonyl (C=O) groups is 1. The summed E-state index contributed by atoms with van der Waals surface area (Å²) in [6.45, 7) is 4.26. The lowest BCUT2D eigenvalue weighted by Gasteiger charge is -2.03. The molecule has 2 aromatic rings. The molecule has 0 saturated heterocycles. The molecule has 0 fully saturated rings. The molecule has 0 aliphatic rings. The quantitative estimate of drug-likeness (QED) is 0.794. The van der Waals surface area contributed by atoms with Gasteiger partial charge in [-0.3, -0.25) is 4.79 Å². The average Bonchev–Trinajstić information content (AvgIpc) is 2.94. The Morgan fingerprint density at radius 2 is 2.33 bits per heavy atom. The molecule has 0 aliphatic heterocycles. The molecule has 1 amide bonds. The van der Waals surface area contributed by atoms with Crippen LogP contribution in [0.2, 0.25) is 0 Å². The van der Waals surface area contributed by atoms with Crippen LogP contribution in [0.1, 0.15) is 34.1 Å². The fourth-order valence-electron chi connectivity index (χ4n) is 1.84. The van der Waals surface area contributed by atoms with E-state index in [9.17, 15) is 4.79 Å². The van der Waals surface area contributed by atoms with Crippen molar-refractivity contribution in [2.45, 2.75) is 26.7 Å². The molecule has 0 aromatic carbocycles. The van der Waals surface area contributed by atoms with Crippen molar-refractivity contribution in [3.8, 4) is 0 Å². The van der Waals surface area contributed by atoms with Crippen molar-refractivity contribution in [3.63, 3.8) is 0 Å². The molecule has 0 spiro atoms. The van der Waals surface area contributed by atoms with Gasteiger partial charge in [-0.05, 0) is 26.3 Å². The predicted octanol–water partition coefficient (Wildman–Crippen LogP) is 1.98. The van der Waals surface area contributed by atoms with Gasteiger partial charge >= 0.3 is 0 Å². The van der Waals surface area contributed by atoms with E-state index in [1.165, 1.54) is 0 Å². The van der Waals surface area contributed by atoms with Gasteiger partial charge in [0.05, 0.1) is 5.56 Å². The standard InChI is InChI=1S/C13H17N3O2/c1-9-8-11(10(2)18-9)13(17)16-5-3-4-12-14-6-7-15-12/h6-8H,3-5H2,1-2H3,(H,14,15)(H,16,17). The van der Waals surface area contributed by atoms with Crippen LogP contribution < -0.4 is 5.32 Å². The predicted molar refractivity (Wildman–Crippen MR) is 67.4 cm³/mol. The van der Waals surface area contributed by atoms with Crippen LogP contribution in [-0.4, -0.2) is 22.4 Å². The molecular weight excluding hydrogens is 230 g/mol. The van der Waals surface area contributed by atoms with E-state index >= 15 is 0 Å². The van der Waals surface area contributed by atoms with Crippen molar-refractivity contribution in [1.82, 2.24) is 15.3 Å². The molecule has 5 heteroatoms. The molecule has 5 nitrogen and oxygen atoms in total. The number of aromatic amines is 1. The van der Waals surface area contributed by atoms with Gasteiger partial charge in [0.2, 0.25) is 0 Å². The molecule has 96 valence electrons. The minimum Gasteiger partial charge on any atom is -0.466 e. The Bertz CT molecular complexity index is 514. The number of carbonyl (C=O) groups excluding carboxylic acids is 1.